The molecule has 76 valence electrons. The molecule has 0 fully saturated rings. The summed E-state index contributed by atoms with van der Waals surface area (Å²) in [6.45, 7) is 9.20. The lowest BCUT2D eigenvalue weighted by Gasteiger charge is -1.79. The monoisotopic (exact) mass is 204 g/mol. The molecular formula is C8H16O4Si. The highest BCUT2D eigenvalue weighted by Crippen LogP contribution is 1.81. The van der Waals surface area contributed by atoms with Crippen LogP contribution in [0.25, 0.3) is 0 Å². The normalized spacial score (nSPS) is 6.92. The highest BCUT2D eigenvalue weighted by Gasteiger charge is 1.90. The SMILES string of the molecule is C=C(C)C(=O)O.C=C(C)C(=O)O.[SiH4]. The number of carbonyl (C=O) groups is 2. The molecule has 0 unspecified atom stereocenters. The predicted octanol–water partition coefficient (Wildman–Crippen LogP) is -0.157. The fourth-order valence-corrected chi connectivity index (χ4v) is 0. The smallest absolute Gasteiger partial charge is 0.330 e. The molecule has 0 saturated carbocycles. The Morgan fingerprint density at radius 1 is 0.923 bits per heavy atom. The van der Waals surface area contributed by atoms with Crippen LogP contribution in [0.5, 0.6) is 0 Å². The minimum absolute atomic E-state index is 0. The fraction of sp³-hybridized carbons (Fsp3) is 0.250. The van der Waals surface area contributed by atoms with E-state index in [-0.39, 0.29) is 22.1 Å². The van der Waals surface area contributed by atoms with Gasteiger partial charge in [-0.05, 0) is 24.8 Å². The van der Waals surface area contributed by atoms with Crippen molar-refractivity contribution in [3.05, 3.63) is 24.3 Å². The van der Waals surface area contributed by atoms with E-state index in [1.54, 1.807) is 0 Å². The van der Waals surface area contributed by atoms with Crippen molar-refractivity contribution in [1.82, 2.24) is 0 Å². The van der Waals surface area contributed by atoms with Crippen LogP contribution in [-0.4, -0.2) is 33.1 Å². The Labute approximate surface area is 81.6 Å². The fourth-order valence-electron chi connectivity index (χ4n) is 0. The first-order chi connectivity index (χ1) is 5.29. The Hall–Kier alpha value is -1.36. The van der Waals surface area contributed by atoms with Crippen molar-refractivity contribution in [2.75, 3.05) is 0 Å². The quantitative estimate of drug-likeness (QED) is 0.484. The summed E-state index contributed by atoms with van der Waals surface area (Å²) in [6, 6.07) is 0. The van der Waals surface area contributed by atoms with Gasteiger partial charge in [0.1, 0.15) is 0 Å². The molecule has 0 aliphatic carbocycles. The number of carboxylic acid groups (broad SMARTS) is 2. The highest BCUT2D eigenvalue weighted by atomic mass is 28.1. The number of carboxylic acids is 2. The molecule has 0 atom stereocenters. The summed E-state index contributed by atoms with van der Waals surface area (Å²) >= 11 is 0. The zero-order chi connectivity index (χ0) is 10.3. The summed E-state index contributed by atoms with van der Waals surface area (Å²) in [6.07, 6.45) is 0. The Bertz CT molecular complexity index is 172. The topological polar surface area (TPSA) is 74.6 Å². The van der Waals surface area contributed by atoms with Crippen LogP contribution in [0.2, 0.25) is 0 Å². The molecule has 0 radical (unpaired) electrons. The second-order valence-electron chi connectivity index (χ2n) is 2.17. The van der Waals surface area contributed by atoms with E-state index in [9.17, 15) is 9.59 Å². The molecular weight excluding hydrogens is 188 g/mol. The maximum atomic E-state index is 9.60. The first-order valence-corrected chi connectivity index (χ1v) is 3.06. The summed E-state index contributed by atoms with van der Waals surface area (Å²) in [5.41, 5.74) is 0.352. The van der Waals surface area contributed by atoms with Crippen LogP contribution in [0.1, 0.15) is 13.8 Å². The first-order valence-electron chi connectivity index (χ1n) is 3.06. The molecule has 0 aromatic rings. The summed E-state index contributed by atoms with van der Waals surface area (Å²) in [7, 11) is 0. The zero-order valence-electron chi connectivity index (χ0n) is 7.13. The van der Waals surface area contributed by atoms with Gasteiger partial charge in [-0.25, -0.2) is 9.59 Å². The largest absolute Gasteiger partial charge is 0.478 e. The third-order valence-electron chi connectivity index (χ3n) is 0.730. The minimum atomic E-state index is -0.935. The van der Waals surface area contributed by atoms with Gasteiger partial charge in [-0.3, -0.25) is 0 Å². The van der Waals surface area contributed by atoms with Crippen LogP contribution in [0, 0.1) is 0 Å². The van der Waals surface area contributed by atoms with Gasteiger partial charge in [-0.15, -0.1) is 0 Å². The van der Waals surface area contributed by atoms with E-state index in [4.69, 9.17) is 10.2 Å². The van der Waals surface area contributed by atoms with Gasteiger partial charge in [0.15, 0.2) is 0 Å². The third kappa shape index (κ3) is 18.0. The number of rotatable bonds is 2. The first kappa shape index (κ1) is 17.7. The summed E-state index contributed by atoms with van der Waals surface area (Å²) in [4.78, 5) is 19.2. The van der Waals surface area contributed by atoms with Gasteiger partial charge >= 0.3 is 11.9 Å². The van der Waals surface area contributed by atoms with Crippen LogP contribution in [0.4, 0.5) is 0 Å². The van der Waals surface area contributed by atoms with Crippen molar-refractivity contribution < 1.29 is 19.8 Å². The van der Waals surface area contributed by atoms with Crippen molar-refractivity contribution in [1.29, 1.82) is 0 Å². The van der Waals surface area contributed by atoms with Crippen LogP contribution in [0.15, 0.2) is 24.3 Å². The molecule has 0 bridgehead atoms. The molecule has 0 heterocycles. The van der Waals surface area contributed by atoms with Crippen molar-refractivity contribution >= 4 is 22.9 Å². The molecule has 4 nitrogen and oxygen atoms in total. The standard InChI is InChI=1S/2C4H6O2.H4Si/c2*1-3(2)4(5)6;/h2*1H2,2H3,(H,5,6);1H4. The maximum absolute atomic E-state index is 9.60. The van der Waals surface area contributed by atoms with E-state index in [0.717, 1.165) is 0 Å². The van der Waals surface area contributed by atoms with E-state index in [0.29, 0.717) is 0 Å². The molecule has 5 heteroatoms. The van der Waals surface area contributed by atoms with Gasteiger partial charge in [-0.2, -0.15) is 0 Å². The van der Waals surface area contributed by atoms with Crippen molar-refractivity contribution in [3.63, 3.8) is 0 Å². The molecule has 0 amide bonds. The lowest BCUT2D eigenvalue weighted by atomic mass is 10.4. The summed E-state index contributed by atoms with van der Waals surface area (Å²) < 4.78 is 0. The van der Waals surface area contributed by atoms with Crippen LogP contribution >= 0.6 is 0 Å². The highest BCUT2D eigenvalue weighted by molar-refractivity contribution is 5.85. The van der Waals surface area contributed by atoms with Crippen molar-refractivity contribution in [2.45, 2.75) is 13.8 Å². The van der Waals surface area contributed by atoms with E-state index < -0.39 is 11.9 Å². The Balaban J connectivity index is -0.000000143. The van der Waals surface area contributed by atoms with E-state index in [1.165, 1.54) is 13.8 Å². The Morgan fingerprint density at radius 3 is 1.00 bits per heavy atom. The molecule has 0 aromatic heterocycles. The van der Waals surface area contributed by atoms with E-state index >= 15 is 0 Å². The van der Waals surface area contributed by atoms with E-state index in [1.807, 2.05) is 0 Å². The van der Waals surface area contributed by atoms with Crippen molar-refractivity contribution in [2.24, 2.45) is 0 Å². The average Bonchev–Trinajstić information content (AvgIpc) is 1.88. The lowest BCUT2D eigenvalue weighted by Crippen LogP contribution is -1.92. The van der Waals surface area contributed by atoms with Gasteiger partial charge in [0.2, 0.25) is 0 Å². The average molecular weight is 204 g/mol. The van der Waals surface area contributed by atoms with Crippen LogP contribution < -0.4 is 0 Å². The number of hydrogen-bond donors (Lipinski definition) is 2. The maximum Gasteiger partial charge on any atom is 0.330 e. The van der Waals surface area contributed by atoms with Gasteiger partial charge in [-0.1, -0.05) is 13.2 Å². The Kier molecular flexibility index (Phi) is 11.9. The van der Waals surface area contributed by atoms with Gasteiger partial charge in [0.25, 0.3) is 0 Å². The van der Waals surface area contributed by atoms with Crippen LogP contribution in [0.3, 0.4) is 0 Å². The molecule has 0 saturated heterocycles. The number of aliphatic carboxylic acids is 2. The second kappa shape index (κ2) is 8.73. The molecule has 0 rings (SSSR count). The second-order valence-corrected chi connectivity index (χ2v) is 2.17. The molecule has 0 aliphatic heterocycles. The Morgan fingerprint density at radius 2 is 1.00 bits per heavy atom. The predicted molar refractivity (Wildman–Crippen MR) is 56.2 cm³/mol. The van der Waals surface area contributed by atoms with E-state index in [2.05, 4.69) is 13.2 Å². The molecule has 2 N–H and O–H groups in total. The third-order valence-corrected chi connectivity index (χ3v) is 0.730. The van der Waals surface area contributed by atoms with Crippen LogP contribution in [-0.2, 0) is 9.59 Å². The molecule has 0 aromatic carbocycles. The van der Waals surface area contributed by atoms with Crippen molar-refractivity contribution in [3.8, 4) is 0 Å². The summed E-state index contributed by atoms with van der Waals surface area (Å²) in [5, 5.41) is 15.8. The molecule has 0 aliphatic rings. The molecule has 0 spiro atoms. The number of hydrogen-bond acceptors (Lipinski definition) is 2. The summed E-state index contributed by atoms with van der Waals surface area (Å²) in [5.74, 6) is -1.87. The lowest BCUT2D eigenvalue weighted by molar-refractivity contribution is -0.133. The molecule has 13 heavy (non-hydrogen) atoms. The van der Waals surface area contributed by atoms with Gasteiger partial charge < -0.3 is 10.2 Å². The zero-order valence-corrected chi connectivity index (χ0v) is 7.13. The van der Waals surface area contributed by atoms with Gasteiger partial charge in [0.05, 0.1) is 0 Å². The van der Waals surface area contributed by atoms with Gasteiger partial charge in [0, 0.05) is 11.1 Å². The minimum Gasteiger partial charge on any atom is -0.478 e.